The molecule has 0 fully saturated rings. The largest absolute Gasteiger partial charge is 0.508 e. The van der Waals surface area contributed by atoms with E-state index in [0.717, 1.165) is 18.2 Å². The van der Waals surface area contributed by atoms with Crippen LogP contribution in [0.1, 0.15) is 15.9 Å². The van der Waals surface area contributed by atoms with Crippen molar-refractivity contribution in [3.05, 3.63) is 53.6 Å². The van der Waals surface area contributed by atoms with Gasteiger partial charge in [-0.25, -0.2) is 0 Å². The second kappa shape index (κ2) is 5.36. The van der Waals surface area contributed by atoms with Gasteiger partial charge in [-0.3, -0.25) is 4.79 Å². The minimum atomic E-state index is -0.650. The molecule has 0 saturated carbocycles. The van der Waals surface area contributed by atoms with Gasteiger partial charge in [0.25, 0.3) is 0 Å². The number of benzene rings is 2. The lowest BCUT2D eigenvalue weighted by atomic mass is 10.1. The van der Waals surface area contributed by atoms with Gasteiger partial charge in [0.1, 0.15) is 28.6 Å². The molecule has 0 radical (unpaired) electrons. The van der Waals surface area contributed by atoms with Crippen molar-refractivity contribution in [1.82, 2.24) is 0 Å². The number of rotatable bonds is 3. The number of allylic oxidation sites excluding steroid dienone is 1. The van der Waals surface area contributed by atoms with E-state index in [0.29, 0.717) is 5.56 Å². The summed E-state index contributed by atoms with van der Waals surface area (Å²) in [6.07, 6.45) is 2.48. The van der Waals surface area contributed by atoms with E-state index in [1.807, 2.05) is 0 Å². The monoisotopic (exact) mass is 272 g/mol. The molecule has 0 spiro atoms. The molecule has 0 heterocycles. The molecule has 0 saturated heterocycles. The van der Waals surface area contributed by atoms with Gasteiger partial charge >= 0.3 is 0 Å². The molecular weight excluding hydrogens is 260 g/mol. The number of aromatic hydroxyl groups is 4. The molecule has 0 aliphatic carbocycles. The van der Waals surface area contributed by atoms with Gasteiger partial charge in [0.05, 0.1) is 0 Å². The summed E-state index contributed by atoms with van der Waals surface area (Å²) < 4.78 is 0. The number of hydrogen-bond donors (Lipinski definition) is 4. The number of phenols is 4. The summed E-state index contributed by atoms with van der Waals surface area (Å²) in [7, 11) is 0. The number of ketones is 1. The first-order chi connectivity index (χ1) is 9.49. The molecule has 20 heavy (non-hydrogen) atoms. The Bertz CT molecular complexity index is 665. The highest BCUT2D eigenvalue weighted by atomic mass is 16.3. The molecule has 4 N–H and O–H groups in total. The van der Waals surface area contributed by atoms with Crippen LogP contribution in [0.3, 0.4) is 0 Å². The molecule has 0 atom stereocenters. The third kappa shape index (κ3) is 2.72. The van der Waals surface area contributed by atoms with Gasteiger partial charge in [-0.15, -0.1) is 0 Å². The molecule has 0 amide bonds. The van der Waals surface area contributed by atoms with Crippen molar-refractivity contribution in [3.8, 4) is 23.0 Å². The highest BCUT2D eigenvalue weighted by Gasteiger charge is 2.15. The van der Waals surface area contributed by atoms with Gasteiger partial charge in [-0.2, -0.15) is 0 Å². The Labute approximate surface area is 114 Å². The smallest absolute Gasteiger partial charge is 0.193 e. The summed E-state index contributed by atoms with van der Waals surface area (Å²) in [5.74, 6) is -2.02. The van der Waals surface area contributed by atoms with Gasteiger partial charge in [-0.1, -0.05) is 18.2 Å². The summed E-state index contributed by atoms with van der Waals surface area (Å²) in [4.78, 5) is 11.9. The SMILES string of the molecule is O=C(/C=C/c1ccccc1O)c1c(O)cc(O)cc1O. The van der Waals surface area contributed by atoms with Crippen LogP contribution in [-0.2, 0) is 0 Å². The summed E-state index contributed by atoms with van der Waals surface area (Å²) in [5, 5.41) is 37.8. The highest BCUT2D eigenvalue weighted by molar-refractivity contribution is 6.10. The number of para-hydroxylation sites is 1. The maximum Gasteiger partial charge on any atom is 0.193 e. The molecule has 5 heteroatoms. The Morgan fingerprint density at radius 3 is 2.10 bits per heavy atom. The number of carbonyl (C=O) groups is 1. The van der Waals surface area contributed by atoms with Gasteiger partial charge < -0.3 is 20.4 Å². The maximum absolute atomic E-state index is 11.9. The number of carbonyl (C=O) groups excluding carboxylic acids is 1. The molecule has 102 valence electrons. The van der Waals surface area contributed by atoms with Crippen LogP contribution in [0, 0.1) is 0 Å². The molecule has 2 aromatic carbocycles. The molecule has 0 aliphatic rings. The lowest BCUT2D eigenvalue weighted by molar-refractivity contribution is 0.104. The van der Waals surface area contributed by atoms with Crippen LogP contribution in [0.2, 0.25) is 0 Å². The van der Waals surface area contributed by atoms with Crippen LogP contribution in [0.4, 0.5) is 0 Å². The van der Waals surface area contributed by atoms with Gasteiger partial charge in [0.15, 0.2) is 5.78 Å². The summed E-state index contributed by atoms with van der Waals surface area (Å²) in [6, 6.07) is 8.34. The normalized spacial score (nSPS) is 10.8. The van der Waals surface area contributed by atoms with E-state index < -0.39 is 17.3 Å². The van der Waals surface area contributed by atoms with E-state index in [4.69, 9.17) is 5.11 Å². The van der Waals surface area contributed by atoms with E-state index >= 15 is 0 Å². The Kier molecular flexibility index (Phi) is 3.61. The highest BCUT2D eigenvalue weighted by Crippen LogP contribution is 2.32. The Balaban J connectivity index is 2.32. The second-order valence-corrected chi connectivity index (χ2v) is 4.12. The Morgan fingerprint density at radius 1 is 0.900 bits per heavy atom. The van der Waals surface area contributed by atoms with Crippen LogP contribution in [0.5, 0.6) is 23.0 Å². The first kappa shape index (κ1) is 13.5. The molecule has 5 nitrogen and oxygen atoms in total. The quantitative estimate of drug-likeness (QED) is 0.508. The zero-order valence-electron chi connectivity index (χ0n) is 10.3. The Morgan fingerprint density at radius 2 is 1.50 bits per heavy atom. The maximum atomic E-state index is 11.9. The Hall–Kier alpha value is -2.95. The fraction of sp³-hybridized carbons (Fsp3) is 0. The van der Waals surface area contributed by atoms with Crippen molar-refractivity contribution in [2.24, 2.45) is 0 Å². The van der Waals surface area contributed by atoms with Crippen molar-refractivity contribution >= 4 is 11.9 Å². The lowest BCUT2D eigenvalue weighted by Gasteiger charge is -2.04. The van der Waals surface area contributed by atoms with Gasteiger partial charge in [0, 0.05) is 17.7 Å². The van der Waals surface area contributed by atoms with Crippen LogP contribution >= 0.6 is 0 Å². The van der Waals surface area contributed by atoms with Crippen LogP contribution in [-0.4, -0.2) is 26.2 Å². The average molecular weight is 272 g/mol. The van der Waals surface area contributed by atoms with Crippen molar-refractivity contribution in [3.63, 3.8) is 0 Å². The molecular formula is C15H12O5. The first-order valence-corrected chi connectivity index (χ1v) is 5.74. The van der Waals surface area contributed by atoms with E-state index in [1.54, 1.807) is 18.2 Å². The third-order valence-electron chi connectivity index (χ3n) is 2.68. The van der Waals surface area contributed by atoms with Crippen molar-refractivity contribution < 1.29 is 25.2 Å². The predicted octanol–water partition coefficient (Wildman–Crippen LogP) is 2.41. The molecule has 2 aromatic rings. The molecule has 0 aliphatic heterocycles. The van der Waals surface area contributed by atoms with Crippen LogP contribution < -0.4 is 0 Å². The zero-order valence-corrected chi connectivity index (χ0v) is 10.3. The molecule has 0 bridgehead atoms. The van der Waals surface area contributed by atoms with Gasteiger partial charge in [0.2, 0.25) is 0 Å². The molecule has 0 aromatic heterocycles. The lowest BCUT2D eigenvalue weighted by Crippen LogP contribution is -1.95. The van der Waals surface area contributed by atoms with E-state index in [9.17, 15) is 20.1 Å². The van der Waals surface area contributed by atoms with Crippen LogP contribution in [0.25, 0.3) is 6.08 Å². The summed E-state index contributed by atoms with van der Waals surface area (Å²) in [5.41, 5.74) is 0.119. The van der Waals surface area contributed by atoms with E-state index in [1.165, 1.54) is 12.1 Å². The van der Waals surface area contributed by atoms with Gasteiger partial charge in [-0.05, 0) is 18.2 Å². The minimum Gasteiger partial charge on any atom is -0.508 e. The van der Waals surface area contributed by atoms with Crippen molar-refractivity contribution in [2.45, 2.75) is 0 Å². The fourth-order valence-electron chi connectivity index (χ4n) is 1.73. The molecule has 2 rings (SSSR count). The fourth-order valence-corrected chi connectivity index (χ4v) is 1.73. The summed E-state index contributed by atoms with van der Waals surface area (Å²) in [6.45, 7) is 0. The topological polar surface area (TPSA) is 98.0 Å². The molecule has 0 unspecified atom stereocenters. The second-order valence-electron chi connectivity index (χ2n) is 4.12. The summed E-state index contributed by atoms with van der Waals surface area (Å²) >= 11 is 0. The first-order valence-electron chi connectivity index (χ1n) is 5.74. The number of hydrogen-bond acceptors (Lipinski definition) is 5. The van der Waals surface area contributed by atoms with E-state index in [2.05, 4.69) is 0 Å². The van der Waals surface area contributed by atoms with E-state index in [-0.39, 0.29) is 17.1 Å². The predicted molar refractivity (Wildman–Crippen MR) is 72.9 cm³/mol. The number of phenolic OH excluding ortho intramolecular Hbond substituents is 4. The van der Waals surface area contributed by atoms with Crippen LogP contribution in [0.15, 0.2) is 42.5 Å². The average Bonchev–Trinajstić information content (AvgIpc) is 2.36. The standard InChI is InChI=1S/C15H12O5/c16-10-7-13(19)15(14(20)8-10)12(18)6-5-9-3-1-2-4-11(9)17/h1-8,16-17,19-20H/b6-5+. The van der Waals surface area contributed by atoms with Crippen molar-refractivity contribution in [2.75, 3.05) is 0 Å². The zero-order chi connectivity index (χ0) is 14.7. The van der Waals surface area contributed by atoms with Crippen molar-refractivity contribution in [1.29, 1.82) is 0 Å². The minimum absolute atomic E-state index is 0.00991. The third-order valence-corrected chi connectivity index (χ3v) is 2.68.